The highest BCUT2D eigenvalue weighted by Gasteiger charge is 2.34. The van der Waals surface area contributed by atoms with Crippen molar-refractivity contribution in [3.8, 4) is 0 Å². The molecule has 0 radical (unpaired) electrons. The molecule has 19 heavy (non-hydrogen) atoms. The van der Waals surface area contributed by atoms with Gasteiger partial charge in [-0.05, 0) is 11.6 Å². The second kappa shape index (κ2) is 4.40. The molecule has 1 aliphatic rings. The van der Waals surface area contributed by atoms with Crippen molar-refractivity contribution in [1.29, 1.82) is 0 Å². The summed E-state index contributed by atoms with van der Waals surface area (Å²) >= 11 is 0. The summed E-state index contributed by atoms with van der Waals surface area (Å²) in [7, 11) is 0. The lowest BCUT2D eigenvalue weighted by atomic mass is 10.0. The Labute approximate surface area is 108 Å². The van der Waals surface area contributed by atoms with Crippen molar-refractivity contribution in [3.05, 3.63) is 36.0 Å². The zero-order valence-electron chi connectivity index (χ0n) is 9.92. The number of aliphatic hydroxyl groups excluding tert-OH is 1. The topological polar surface area (TPSA) is 91.4 Å². The Morgan fingerprint density at radius 3 is 2.89 bits per heavy atom. The summed E-state index contributed by atoms with van der Waals surface area (Å²) in [6, 6.07) is 6.92. The minimum absolute atomic E-state index is 0.321. The number of carbonyl (C=O) groups is 2. The van der Waals surface area contributed by atoms with E-state index in [4.69, 9.17) is 5.11 Å². The Balaban J connectivity index is 1.85. The number of fused-ring (bicyclic) bond motifs is 1. The number of benzene rings is 1. The van der Waals surface area contributed by atoms with Crippen LogP contribution in [0, 0.1) is 0 Å². The van der Waals surface area contributed by atoms with Crippen molar-refractivity contribution >= 4 is 22.8 Å². The van der Waals surface area contributed by atoms with E-state index in [9.17, 15) is 9.59 Å². The molecule has 0 saturated carbocycles. The van der Waals surface area contributed by atoms with Gasteiger partial charge >= 0.3 is 5.97 Å². The number of amides is 1. The monoisotopic (exact) mass is 260 g/mol. The smallest absolute Gasteiger partial charge is 0.331 e. The molecule has 98 valence electrons. The largest absolute Gasteiger partial charge is 0.424 e. The van der Waals surface area contributed by atoms with Crippen molar-refractivity contribution in [3.63, 3.8) is 0 Å². The lowest BCUT2D eigenvalue weighted by Crippen LogP contribution is -2.54. The van der Waals surface area contributed by atoms with E-state index in [0.29, 0.717) is 6.42 Å². The summed E-state index contributed by atoms with van der Waals surface area (Å²) in [4.78, 5) is 26.0. The number of carbonyl (C=O) groups excluding carboxylic acids is 2. The molecule has 2 atom stereocenters. The van der Waals surface area contributed by atoms with Gasteiger partial charge in [-0.3, -0.25) is 4.79 Å². The average molecular weight is 260 g/mol. The Hall–Kier alpha value is -2.34. The molecule has 6 nitrogen and oxygen atoms in total. The van der Waals surface area contributed by atoms with Crippen LogP contribution in [-0.4, -0.2) is 34.3 Å². The molecule has 1 fully saturated rings. The predicted molar refractivity (Wildman–Crippen MR) is 66.0 cm³/mol. The third-order valence-electron chi connectivity index (χ3n) is 3.15. The number of esters is 1. The molecule has 1 aromatic heterocycles. The van der Waals surface area contributed by atoms with E-state index in [2.05, 4.69) is 15.0 Å². The Bertz CT molecular complexity index is 649. The van der Waals surface area contributed by atoms with Gasteiger partial charge in [0, 0.05) is 23.5 Å². The van der Waals surface area contributed by atoms with Gasteiger partial charge in [0.25, 0.3) is 12.2 Å². The first kappa shape index (κ1) is 11.7. The second-order valence-electron chi connectivity index (χ2n) is 4.41. The molecule has 1 aromatic carbocycles. The van der Waals surface area contributed by atoms with Crippen LogP contribution in [0.3, 0.4) is 0 Å². The summed E-state index contributed by atoms with van der Waals surface area (Å²) in [6.07, 6.45) is 0.419. The minimum Gasteiger partial charge on any atom is -0.424 e. The number of aliphatic hydroxyl groups is 1. The maximum absolute atomic E-state index is 11.6. The van der Waals surface area contributed by atoms with Crippen molar-refractivity contribution in [2.75, 3.05) is 0 Å². The molecule has 1 aliphatic heterocycles. The fourth-order valence-corrected chi connectivity index (χ4v) is 2.20. The molecular weight excluding hydrogens is 248 g/mol. The van der Waals surface area contributed by atoms with Crippen LogP contribution in [0.25, 0.3) is 10.9 Å². The SMILES string of the molecule is O=C1OC(O)C(=O)NC1Cc1c[nH]c2ccccc12. The lowest BCUT2D eigenvalue weighted by molar-refractivity contribution is -0.187. The van der Waals surface area contributed by atoms with E-state index >= 15 is 0 Å². The summed E-state index contributed by atoms with van der Waals surface area (Å²) in [6.45, 7) is 0. The van der Waals surface area contributed by atoms with Crippen molar-refractivity contribution in [2.45, 2.75) is 18.8 Å². The van der Waals surface area contributed by atoms with Gasteiger partial charge in [0.1, 0.15) is 6.04 Å². The van der Waals surface area contributed by atoms with E-state index in [1.807, 2.05) is 24.3 Å². The van der Waals surface area contributed by atoms with Gasteiger partial charge < -0.3 is 20.1 Å². The predicted octanol–water partition coefficient (Wildman–Crippen LogP) is 0.0704. The molecule has 1 saturated heterocycles. The van der Waals surface area contributed by atoms with Crippen molar-refractivity contribution < 1.29 is 19.4 Å². The highest BCUT2D eigenvalue weighted by atomic mass is 16.6. The van der Waals surface area contributed by atoms with E-state index in [1.54, 1.807) is 6.20 Å². The quantitative estimate of drug-likeness (QED) is 0.666. The van der Waals surface area contributed by atoms with E-state index in [0.717, 1.165) is 16.5 Å². The molecule has 2 unspecified atom stereocenters. The fourth-order valence-electron chi connectivity index (χ4n) is 2.20. The highest BCUT2D eigenvalue weighted by molar-refractivity contribution is 5.92. The standard InChI is InChI=1S/C13H12N2O4/c16-11-13(18)19-12(17)10(15-11)5-7-6-14-9-4-2-1-3-8(7)9/h1-4,6,10,13-14,18H,5H2,(H,15,16). The molecule has 0 bridgehead atoms. The average Bonchev–Trinajstić information content (AvgIpc) is 2.80. The molecule has 2 heterocycles. The number of cyclic esters (lactones) is 1. The maximum Gasteiger partial charge on any atom is 0.331 e. The molecule has 6 heteroatoms. The molecule has 2 aromatic rings. The van der Waals surface area contributed by atoms with Crippen LogP contribution < -0.4 is 5.32 Å². The third-order valence-corrected chi connectivity index (χ3v) is 3.15. The zero-order chi connectivity index (χ0) is 13.4. The van der Waals surface area contributed by atoms with Crippen LogP contribution in [-0.2, 0) is 20.7 Å². The number of H-pyrrole nitrogens is 1. The van der Waals surface area contributed by atoms with Gasteiger partial charge in [0.05, 0.1) is 0 Å². The molecule has 0 aliphatic carbocycles. The van der Waals surface area contributed by atoms with E-state index in [1.165, 1.54) is 0 Å². The van der Waals surface area contributed by atoms with Crippen LogP contribution in [0.15, 0.2) is 30.5 Å². The third kappa shape index (κ3) is 2.06. The highest BCUT2D eigenvalue weighted by Crippen LogP contribution is 2.20. The summed E-state index contributed by atoms with van der Waals surface area (Å²) < 4.78 is 4.57. The van der Waals surface area contributed by atoms with E-state index in [-0.39, 0.29) is 0 Å². The number of ether oxygens (including phenoxy) is 1. The van der Waals surface area contributed by atoms with Crippen LogP contribution in [0.1, 0.15) is 5.56 Å². The van der Waals surface area contributed by atoms with Gasteiger partial charge in [0.2, 0.25) is 0 Å². The molecule has 1 amide bonds. The zero-order valence-corrected chi connectivity index (χ0v) is 9.92. The summed E-state index contributed by atoms with van der Waals surface area (Å²) in [5, 5.41) is 12.5. The second-order valence-corrected chi connectivity index (χ2v) is 4.41. The van der Waals surface area contributed by atoms with Gasteiger partial charge in [-0.25, -0.2) is 4.79 Å². The van der Waals surface area contributed by atoms with Gasteiger partial charge in [-0.15, -0.1) is 0 Å². The van der Waals surface area contributed by atoms with Crippen molar-refractivity contribution in [1.82, 2.24) is 10.3 Å². The Kier molecular flexibility index (Phi) is 2.72. The number of aromatic amines is 1. The van der Waals surface area contributed by atoms with Crippen LogP contribution in [0.5, 0.6) is 0 Å². The van der Waals surface area contributed by atoms with Gasteiger partial charge in [-0.2, -0.15) is 0 Å². The maximum atomic E-state index is 11.6. The van der Waals surface area contributed by atoms with Crippen molar-refractivity contribution in [2.24, 2.45) is 0 Å². The molecule has 0 spiro atoms. The molecular formula is C13H12N2O4. The number of rotatable bonds is 2. The van der Waals surface area contributed by atoms with Crippen LogP contribution in [0.4, 0.5) is 0 Å². The first-order chi connectivity index (χ1) is 9.15. The number of nitrogens with one attached hydrogen (secondary N) is 2. The first-order valence-corrected chi connectivity index (χ1v) is 5.89. The van der Waals surface area contributed by atoms with Gasteiger partial charge in [0.15, 0.2) is 0 Å². The number of morpholine rings is 1. The molecule has 3 N–H and O–H groups in total. The number of aromatic nitrogens is 1. The van der Waals surface area contributed by atoms with E-state index < -0.39 is 24.2 Å². The lowest BCUT2D eigenvalue weighted by Gasteiger charge is -2.25. The first-order valence-electron chi connectivity index (χ1n) is 5.89. The summed E-state index contributed by atoms with van der Waals surface area (Å²) in [5.74, 6) is -1.32. The number of hydrogen-bond donors (Lipinski definition) is 3. The minimum atomic E-state index is -1.70. The summed E-state index contributed by atoms with van der Waals surface area (Å²) in [5.41, 5.74) is 1.88. The number of para-hydroxylation sites is 1. The normalized spacial score (nSPS) is 23.2. The number of hydrogen-bond acceptors (Lipinski definition) is 4. The Morgan fingerprint density at radius 2 is 2.05 bits per heavy atom. The van der Waals surface area contributed by atoms with Crippen LogP contribution >= 0.6 is 0 Å². The van der Waals surface area contributed by atoms with Gasteiger partial charge in [-0.1, -0.05) is 18.2 Å². The molecule has 3 rings (SSSR count). The Morgan fingerprint density at radius 1 is 1.26 bits per heavy atom. The fraction of sp³-hybridized carbons (Fsp3) is 0.231. The van der Waals surface area contributed by atoms with Crippen LogP contribution in [0.2, 0.25) is 0 Å².